The van der Waals surface area contributed by atoms with Gasteiger partial charge >= 0.3 is 0 Å². The number of carbonyl (C=O) groups is 1. The summed E-state index contributed by atoms with van der Waals surface area (Å²) < 4.78 is 1.76. The SMILES string of the molecule is CCN(CC)CCCn1c(SC(C)C(=O)N2CCc3ccccc32)nc2ccccc2c1=O. The Labute approximate surface area is 199 Å². The van der Waals surface area contributed by atoms with Crippen molar-refractivity contribution in [3.05, 3.63) is 64.4 Å². The van der Waals surface area contributed by atoms with E-state index in [0.29, 0.717) is 29.1 Å². The molecule has 2 aromatic carbocycles. The Kier molecular flexibility index (Phi) is 7.50. The molecule has 0 saturated carbocycles. The molecule has 6 nitrogen and oxygen atoms in total. The van der Waals surface area contributed by atoms with E-state index in [-0.39, 0.29) is 16.7 Å². The molecule has 0 N–H and O–H groups in total. The van der Waals surface area contributed by atoms with Crippen LogP contribution < -0.4 is 10.5 Å². The molecular weight excluding hydrogens is 432 g/mol. The second kappa shape index (κ2) is 10.5. The number of thioether (sulfide) groups is 1. The number of anilines is 1. The van der Waals surface area contributed by atoms with Gasteiger partial charge in [-0.25, -0.2) is 4.98 Å². The van der Waals surface area contributed by atoms with Crippen LogP contribution in [0.25, 0.3) is 10.9 Å². The van der Waals surface area contributed by atoms with Crippen molar-refractivity contribution in [1.82, 2.24) is 14.5 Å². The first-order valence-electron chi connectivity index (χ1n) is 11.8. The molecule has 1 aliphatic heterocycles. The highest BCUT2D eigenvalue weighted by atomic mass is 32.2. The second-order valence-corrected chi connectivity index (χ2v) is 9.69. The Bertz CT molecular complexity index is 1190. The number of amides is 1. The maximum Gasteiger partial charge on any atom is 0.262 e. The third-order valence-corrected chi connectivity index (χ3v) is 7.44. The van der Waals surface area contributed by atoms with Crippen molar-refractivity contribution >= 4 is 34.3 Å². The number of rotatable bonds is 9. The average molecular weight is 465 g/mol. The molecule has 3 aromatic rings. The van der Waals surface area contributed by atoms with E-state index in [1.54, 1.807) is 4.57 Å². The minimum atomic E-state index is -0.349. The first-order valence-corrected chi connectivity index (χ1v) is 12.7. The molecule has 0 saturated heterocycles. The molecule has 174 valence electrons. The highest BCUT2D eigenvalue weighted by Gasteiger charge is 2.29. The maximum absolute atomic E-state index is 13.3. The van der Waals surface area contributed by atoms with Crippen molar-refractivity contribution in [2.75, 3.05) is 31.1 Å². The first-order chi connectivity index (χ1) is 16.0. The Morgan fingerprint density at radius 2 is 1.85 bits per heavy atom. The van der Waals surface area contributed by atoms with E-state index in [9.17, 15) is 9.59 Å². The summed E-state index contributed by atoms with van der Waals surface area (Å²) in [7, 11) is 0. The van der Waals surface area contributed by atoms with Gasteiger partial charge in [0, 0.05) is 18.8 Å². The topological polar surface area (TPSA) is 58.4 Å². The van der Waals surface area contributed by atoms with Crippen LogP contribution in [0.5, 0.6) is 0 Å². The molecule has 2 heterocycles. The summed E-state index contributed by atoms with van der Waals surface area (Å²) in [4.78, 5) is 35.7. The normalized spacial score (nSPS) is 14.1. The number of fused-ring (bicyclic) bond motifs is 2. The minimum Gasteiger partial charge on any atom is -0.311 e. The molecule has 4 rings (SSSR count). The summed E-state index contributed by atoms with van der Waals surface area (Å²) in [6.07, 6.45) is 1.74. The van der Waals surface area contributed by atoms with E-state index in [1.807, 2.05) is 54.3 Å². The Hall–Kier alpha value is -2.64. The summed E-state index contributed by atoms with van der Waals surface area (Å²) in [6.45, 7) is 10.4. The van der Waals surface area contributed by atoms with Gasteiger partial charge in [0.05, 0.1) is 16.2 Å². The van der Waals surface area contributed by atoms with Crippen molar-refractivity contribution < 1.29 is 4.79 Å². The molecular formula is C26H32N4O2S. The van der Waals surface area contributed by atoms with E-state index in [0.717, 1.165) is 38.2 Å². The van der Waals surface area contributed by atoms with E-state index in [4.69, 9.17) is 4.98 Å². The quantitative estimate of drug-likeness (QED) is 0.351. The fourth-order valence-electron chi connectivity index (χ4n) is 4.42. The zero-order valence-electron chi connectivity index (χ0n) is 19.7. The Morgan fingerprint density at radius 1 is 1.12 bits per heavy atom. The van der Waals surface area contributed by atoms with Crippen molar-refractivity contribution in [2.45, 2.75) is 50.6 Å². The van der Waals surface area contributed by atoms with Crippen LogP contribution in [-0.4, -0.2) is 51.8 Å². The van der Waals surface area contributed by atoms with Crippen LogP contribution in [0, 0.1) is 0 Å². The number of aromatic nitrogens is 2. The van der Waals surface area contributed by atoms with Gasteiger partial charge in [0.2, 0.25) is 5.91 Å². The molecule has 7 heteroatoms. The molecule has 1 unspecified atom stereocenters. The molecule has 1 aromatic heterocycles. The van der Waals surface area contributed by atoms with Crippen molar-refractivity contribution in [3.63, 3.8) is 0 Å². The van der Waals surface area contributed by atoms with Gasteiger partial charge in [0.15, 0.2) is 5.16 Å². The third kappa shape index (κ3) is 4.99. The number of benzene rings is 2. The molecule has 1 atom stereocenters. The Balaban J connectivity index is 1.59. The van der Waals surface area contributed by atoms with Gasteiger partial charge in [0.25, 0.3) is 5.56 Å². The maximum atomic E-state index is 13.3. The molecule has 0 spiro atoms. The van der Waals surface area contributed by atoms with Gasteiger partial charge < -0.3 is 9.80 Å². The van der Waals surface area contributed by atoms with Crippen molar-refractivity contribution in [2.24, 2.45) is 0 Å². The lowest BCUT2D eigenvalue weighted by molar-refractivity contribution is -0.117. The van der Waals surface area contributed by atoms with Gasteiger partial charge in [-0.2, -0.15) is 0 Å². The van der Waals surface area contributed by atoms with Crippen LogP contribution in [-0.2, 0) is 17.8 Å². The van der Waals surface area contributed by atoms with Crippen LogP contribution in [0.15, 0.2) is 58.5 Å². The number of para-hydroxylation sites is 2. The summed E-state index contributed by atoms with van der Waals surface area (Å²) in [6, 6.07) is 15.5. The Morgan fingerprint density at radius 3 is 2.64 bits per heavy atom. The molecule has 1 aliphatic rings. The third-order valence-electron chi connectivity index (χ3n) is 6.36. The van der Waals surface area contributed by atoms with Gasteiger partial charge in [-0.15, -0.1) is 0 Å². The number of nitrogens with zero attached hydrogens (tertiary/aromatic N) is 4. The average Bonchev–Trinajstić information content (AvgIpc) is 3.27. The van der Waals surface area contributed by atoms with E-state index in [2.05, 4.69) is 24.8 Å². The number of hydrogen-bond donors (Lipinski definition) is 0. The van der Waals surface area contributed by atoms with Gasteiger partial charge in [-0.3, -0.25) is 14.2 Å². The summed E-state index contributed by atoms with van der Waals surface area (Å²) in [5, 5.41) is 0.891. The monoisotopic (exact) mass is 464 g/mol. The lowest BCUT2D eigenvalue weighted by atomic mass is 10.2. The van der Waals surface area contributed by atoms with Crippen LogP contribution in [0.1, 0.15) is 32.8 Å². The predicted molar refractivity (Wildman–Crippen MR) is 136 cm³/mol. The van der Waals surface area contributed by atoms with Gasteiger partial charge in [-0.05, 0) is 63.2 Å². The summed E-state index contributed by atoms with van der Waals surface area (Å²) in [5.41, 5.74) is 2.85. The molecule has 33 heavy (non-hydrogen) atoms. The summed E-state index contributed by atoms with van der Waals surface area (Å²) in [5.74, 6) is 0.0575. The fraction of sp³-hybridized carbons (Fsp3) is 0.423. The highest BCUT2D eigenvalue weighted by Crippen LogP contribution is 2.31. The fourth-order valence-corrected chi connectivity index (χ4v) is 5.42. The second-order valence-electron chi connectivity index (χ2n) is 8.38. The molecule has 0 radical (unpaired) electrons. The summed E-state index contributed by atoms with van der Waals surface area (Å²) >= 11 is 1.39. The minimum absolute atomic E-state index is 0.0335. The van der Waals surface area contributed by atoms with Crippen LogP contribution in [0.4, 0.5) is 5.69 Å². The van der Waals surface area contributed by atoms with Crippen LogP contribution in [0.2, 0.25) is 0 Å². The molecule has 0 fully saturated rings. The van der Waals surface area contributed by atoms with E-state index in [1.165, 1.54) is 17.3 Å². The van der Waals surface area contributed by atoms with Crippen LogP contribution in [0.3, 0.4) is 0 Å². The van der Waals surface area contributed by atoms with Crippen molar-refractivity contribution in [1.29, 1.82) is 0 Å². The smallest absolute Gasteiger partial charge is 0.262 e. The first kappa shape index (κ1) is 23.5. The standard InChI is InChI=1S/C26H32N4O2S/c1-4-28(5-2)16-10-17-30-25(32)21-12-7-8-13-22(21)27-26(30)33-19(3)24(31)29-18-15-20-11-6-9-14-23(20)29/h6-9,11-14,19H,4-5,10,15-18H2,1-3H3. The number of carbonyl (C=O) groups excluding carboxylic acids is 1. The lowest BCUT2D eigenvalue weighted by Gasteiger charge is -2.22. The molecule has 0 bridgehead atoms. The van der Waals surface area contributed by atoms with E-state index >= 15 is 0 Å². The number of hydrogen-bond acceptors (Lipinski definition) is 5. The lowest BCUT2D eigenvalue weighted by Crippen LogP contribution is -2.36. The van der Waals surface area contributed by atoms with Gasteiger partial charge in [0.1, 0.15) is 0 Å². The van der Waals surface area contributed by atoms with E-state index < -0.39 is 0 Å². The zero-order valence-corrected chi connectivity index (χ0v) is 20.5. The van der Waals surface area contributed by atoms with Crippen LogP contribution >= 0.6 is 11.8 Å². The highest BCUT2D eigenvalue weighted by molar-refractivity contribution is 8.00. The van der Waals surface area contributed by atoms with Crippen molar-refractivity contribution in [3.8, 4) is 0 Å². The zero-order chi connectivity index (χ0) is 23.4. The largest absolute Gasteiger partial charge is 0.311 e. The molecule has 0 aliphatic carbocycles. The predicted octanol–water partition coefficient (Wildman–Crippen LogP) is 4.20. The molecule has 1 amide bonds. The van der Waals surface area contributed by atoms with Gasteiger partial charge in [-0.1, -0.05) is 55.9 Å².